The first-order valence-corrected chi connectivity index (χ1v) is 12.2. The third-order valence-electron chi connectivity index (χ3n) is 6.61. The summed E-state index contributed by atoms with van der Waals surface area (Å²) in [4.78, 5) is 62.9. The molecule has 0 aromatic rings. The number of rotatable bonds is 24. The molecule has 2 amide bonds. The van der Waals surface area contributed by atoms with E-state index in [1.54, 1.807) is 0 Å². The minimum absolute atomic E-state index is 0.185. The number of aliphatic carboxylic acids is 3. The Morgan fingerprint density at radius 2 is 0.795 bits per heavy atom. The van der Waals surface area contributed by atoms with Crippen molar-refractivity contribution in [2.75, 3.05) is 72.2 Å². The predicted molar refractivity (Wildman–Crippen MR) is 133 cm³/mol. The molecule has 0 aromatic heterocycles. The maximum Gasteiger partial charge on any atom is 0.317 e. The predicted octanol–water partition coefficient (Wildman–Crippen LogP) is -4.88. The van der Waals surface area contributed by atoms with Crippen LogP contribution in [0.5, 0.6) is 0 Å². The molecule has 0 aliphatic carbocycles. The van der Waals surface area contributed by atoms with Crippen molar-refractivity contribution in [2.24, 2.45) is 11.5 Å². The lowest BCUT2D eigenvalue weighted by molar-refractivity contribution is -0.145. The number of carbonyl (C=O) groups excluding carboxylic acids is 2. The van der Waals surface area contributed by atoms with Gasteiger partial charge in [-0.05, 0) is 25.7 Å². The van der Waals surface area contributed by atoms with E-state index < -0.39 is 86.9 Å². The zero-order chi connectivity index (χ0) is 30.2. The number of hydrogen-bond donors (Lipinski definition) is 9. The Kier molecular flexibility index (Phi) is 16.3. The van der Waals surface area contributed by atoms with Crippen LogP contribution in [0.1, 0.15) is 25.7 Å². The molecular formula is C22H41N5O12. The summed E-state index contributed by atoms with van der Waals surface area (Å²) in [5.41, 5.74) is 7.56. The van der Waals surface area contributed by atoms with Gasteiger partial charge in [-0.15, -0.1) is 0 Å². The van der Waals surface area contributed by atoms with Crippen molar-refractivity contribution in [3.8, 4) is 0 Å². The number of aliphatic hydroxyl groups is 4. The zero-order valence-corrected chi connectivity index (χ0v) is 21.8. The van der Waals surface area contributed by atoms with Crippen molar-refractivity contribution in [1.29, 1.82) is 0 Å². The molecule has 0 spiro atoms. The van der Waals surface area contributed by atoms with Crippen LogP contribution in [0.4, 0.5) is 0 Å². The average Bonchev–Trinajstić information content (AvgIpc) is 2.82. The van der Waals surface area contributed by atoms with Gasteiger partial charge >= 0.3 is 17.9 Å². The number of nitrogens with two attached hydrogens (primary N) is 2. The van der Waals surface area contributed by atoms with Crippen molar-refractivity contribution >= 4 is 29.7 Å². The SMILES string of the molecule is NC(=O)C(CCO)(CCO)N(CCN(CCN(CC(=O)O)C(CCO)(CCO)C(N)=O)CC(=O)O)CC(=O)O. The highest BCUT2D eigenvalue weighted by Crippen LogP contribution is 2.25. The first-order valence-electron chi connectivity index (χ1n) is 12.2. The Bertz CT molecular complexity index is 757. The van der Waals surface area contributed by atoms with Gasteiger partial charge in [0.2, 0.25) is 11.8 Å². The van der Waals surface area contributed by atoms with Gasteiger partial charge in [0.15, 0.2) is 0 Å². The minimum atomic E-state index is -1.75. The van der Waals surface area contributed by atoms with Gasteiger partial charge in [0.1, 0.15) is 11.1 Å². The first-order chi connectivity index (χ1) is 18.3. The quantitative estimate of drug-likeness (QED) is 0.0528. The van der Waals surface area contributed by atoms with Crippen LogP contribution >= 0.6 is 0 Å². The third kappa shape index (κ3) is 11.0. The van der Waals surface area contributed by atoms with Crippen LogP contribution in [0.15, 0.2) is 0 Å². The highest BCUT2D eigenvalue weighted by Gasteiger charge is 2.44. The van der Waals surface area contributed by atoms with E-state index in [2.05, 4.69) is 0 Å². The lowest BCUT2D eigenvalue weighted by atomic mass is 9.88. The van der Waals surface area contributed by atoms with E-state index in [4.69, 9.17) is 11.5 Å². The Morgan fingerprint density at radius 1 is 0.513 bits per heavy atom. The summed E-state index contributed by atoms with van der Waals surface area (Å²) in [6.07, 6.45) is -1.20. The number of hydrogen-bond acceptors (Lipinski definition) is 12. The van der Waals surface area contributed by atoms with Crippen molar-refractivity contribution in [3.63, 3.8) is 0 Å². The molecule has 226 valence electrons. The van der Waals surface area contributed by atoms with Gasteiger partial charge in [-0.25, -0.2) is 0 Å². The van der Waals surface area contributed by atoms with Crippen molar-refractivity contribution in [1.82, 2.24) is 14.7 Å². The van der Waals surface area contributed by atoms with E-state index >= 15 is 0 Å². The summed E-state index contributed by atoms with van der Waals surface area (Å²) >= 11 is 0. The molecule has 17 nitrogen and oxygen atoms in total. The topological polar surface area (TPSA) is 289 Å². The monoisotopic (exact) mass is 567 g/mol. The smallest absolute Gasteiger partial charge is 0.317 e. The van der Waals surface area contributed by atoms with Crippen LogP contribution in [0.25, 0.3) is 0 Å². The molecule has 0 rings (SSSR count). The molecule has 17 heteroatoms. The molecule has 0 aliphatic heterocycles. The Hall–Kier alpha value is -2.93. The third-order valence-corrected chi connectivity index (χ3v) is 6.61. The molecule has 0 saturated heterocycles. The average molecular weight is 568 g/mol. The molecule has 0 saturated carbocycles. The Balaban J connectivity index is 6.17. The van der Waals surface area contributed by atoms with Crippen LogP contribution in [-0.2, 0) is 24.0 Å². The van der Waals surface area contributed by atoms with Crippen molar-refractivity contribution in [2.45, 2.75) is 36.8 Å². The fourth-order valence-corrected chi connectivity index (χ4v) is 4.63. The molecule has 0 fully saturated rings. The largest absolute Gasteiger partial charge is 0.480 e. The van der Waals surface area contributed by atoms with Crippen molar-refractivity contribution < 1.29 is 59.7 Å². The number of primary amides is 2. The molecule has 0 atom stereocenters. The molecular weight excluding hydrogens is 526 g/mol. The van der Waals surface area contributed by atoms with Crippen LogP contribution in [0.2, 0.25) is 0 Å². The molecule has 39 heavy (non-hydrogen) atoms. The summed E-state index contributed by atoms with van der Waals surface area (Å²) in [6, 6.07) is 0. The van der Waals surface area contributed by atoms with E-state index in [0.29, 0.717) is 0 Å². The number of carbonyl (C=O) groups is 5. The fraction of sp³-hybridized carbons (Fsp3) is 0.773. The summed E-state index contributed by atoms with van der Waals surface area (Å²) in [5, 5.41) is 66.2. The number of nitrogens with zero attached hydrogens (tertiary/aromatic N) is 3. The van der Waals surface area contributed by atoms with Crippen LogP contribution in [0, 0.1) is 0 Å². The summed E-state index contributed by atoms with van der Waals surface area (Å²) < 4.78 is 0. The van der Waals surface area contributed by atoms with Gasteiger partial charge in [0.25, 0.3) is 0 Å². The summed E-state index contributed by atoms with van der Waals surface area (Å²) in [6.45, 7) is -5.19. The Labute approximate surface area is 225 Å². The van der Waals surface area contributed by atoms with E-state index in [0.717, 1.165) is 9.80 Å². The van der Waals surface area contributed by atoms with E-state index in [1.807, 2.05) is 0 Å². The first kappa shape index (κ1) is 36.1. The molecule has 0 radical (unpaired) electrons. The molecule has 0 bridgehead atoms. The van der Waals surface area contributed by atoms with Gasteiger partial charge in [-0.2, -0.15) is 0 Å². The number of carboxylic acids is 3. The molecule has 0 aromatic carbocycles. The molecule has 11 N–H and O–H groups in total. The van der Waals surface area contributed by atoms with Gasteiger partial charge in [0.05, 0.1) is 19.6 Å². The van der Waals surface area contributed by atoms with Crippen LogP contribution in [-0.4, -0.2) is 163 Å². The molecule has 0 heterocycles. The lowest BCUT2D eigenvalue weighted by Gasteiger charge is -2.42. The minimum Gasteiger partial charge on any atom is -0.480 e. The van der Waals surface area contributed by atoms with E-state index in [1.165, 1.54) is 4.90 Å². The van der Waals surface area contributed by atoms with E-state index in [9.17, 15) is 59.7 Å². The van der Waals surface area contributed by atoms with Gasteiger partial charge < -0.3 is 47.2 Å². The van der Waals surface area contributed by atoms with E-state index in [-0.39, 0.29) is 51.9 Å². The van der Waals surface area contributed by atoms with Crippen LogP contribution < -0.4 is 11.5 Å². The molecule has 0 unspecified atom stereocenters. The normalized spacial score (nSPS) is 12.3. The summed E-state index contributed by atoms with van der Waals surface area (Å²) in [5.74, 6) is -5.99. The highest BCUT2D eigenvalue weighted by atomic mass is 16.4. The number of carboxylic acid groups (broad SMARTS) is 3. The van der Waals surface area contributed by atoms with Gasteiger partial charge in [0, 0.05) is 52.6 Å². The fourth-order valence-electron chi connectivity index (χ4n) is 4.63. The number of aliphatic hydroxyl groups excluding tert-OH is 4. The van der Waals surface area contributed by atoms with Crippen LogP contribution in [0.3, 0.4) is 0 Å². The Morgan fingerprint density at radius 3 is 1.00 bits per heavy atom. The zero-order valence-electron chi connectivity index (χ0n) is 21.8. The van der Waals surface area contributed by atoms with Crippen molar-refractivity contribution in [3.05, 3.63) is 0 Å². The van der Waals surface area contributed by atoms with Gasteiger partial charge in [-0.1, -0.05) is 0 Å². The lowest BCUT2D eigenvalue weighted by Crippen LogP contribution is -2.62. The molecule has 0 aliphatic rings. The maximum absolute atomic E-state index is 12.4. The second-order valence-electron chi connectivity index (χ2n) is 8.99. The maximum atomic E-state index is 12.4. The second kappa shape index (κ2) is 17.6. The second-order valence-corrected chi connectivity index (χ2v) is 8.99. The van der Waals surface area contributed by atoms with Gasteiger partial charge in [-0.3, -0.25) is 38.7 Å². The standard InChI is InChI=1S/C22H41N5O12/c23-19(38)21(1-9-28,2-10-29)26(14-17(34)35)7-5-25(13-16(32)33)6-8-27(15-18(36)37)22(3-11-30,4-12-31)20(24)39/h28-31H,1-15H2,(H2,23,38)(H2,24,39)(H,32,33)(H,34,35)(H,36,37). The highest BCUT2D eigenvalue weighted by molar-refractivity contribution is 5.86. The summed E-state index contributed by atoms with van der Waals surface area (Å²) in [7, 11) is 0. The number of amides is 2.